The van der Waals surface area contributed by atoms with E-state index in [0.29, 0.717) is 23.0 Å². The standard InChI is InChI=1S/C11H8BrNO2/c1-7-9(11(15)4-12)3-2-8(6-14)10(7)5-13/h2-3,6H,4H2,1H3. The van der Waals surface area contributed by atoms with Gasteiger partial charge >= 0.3 is 0 Å². The molecule has 0 heterocycles. The molecule has 0 saturated carbocycles. The number of nitriles is 1. The molecular weight excluding hydrogens is 258 g/mol. The molecule has 0 saturated heterocycles. The number of ketones is 1. The van der Waals surface area contributed by atoms with E-state index < -0.39 is 0 Å². The van der Waals surface area contributed by atoms with Gasteiger partial charge < -0.3 is 0 Å². The number of hydrogen-bond acceptors (Lipinski definition) is 3. The minimum absolute atomic E-state index is 0.0959. The summed E-state index contributed by atoms with van der Waals surface area (Å²) in [5.74, 6) is -0.0959. The normalized spacial score (nSPS) is 9.40. The summed E-state index contributed by atoms with van der Waals surface area (Å²) in [5, 5.41) is 9.08. The number of nitrogens with zero attached hydrogens (tertiary/aromatic N) is 1. The van der Waals surface area contributed by atoms with Crippen LogP contribution in [0, 0.1) is 18.3 Å². The number of benzene rings is 1. The van der Waals surface area contributed by atoms with E-state index in [1.807, 2.05) is 6.07 Å². The number of hydrogen-bond donors (Lipinski definition) is 0. The summed E-state index contributed by atoms with van der Waals surface area (Å²) in [6.45, 7) is 1.67. The Hall–Kier alpha value is -1.47. The number of halogens is 1. The van der Waals surface area contributed by atoms with Gasteiger partial charge in [-0.2, -0.15) is 5.26 Å². The molecule has 0 aromatic heterocycles. The third-order valence-corrected chi connectivity index (χ3v) is 2.67. The van der Waals surface area contributed by atoms with Crippen LogP contribution in [0.4, 0.5) is 0 Å². The Morgan fingerprint density at radius 1 is 1.60 bits per heavy atom. The SMILES string of the molecule is Cc1c(C(=O)CBr)ccc(C=O)c1C#N. The lowest BCUT2D eigenvalue weighted by molar-refractivity contribution is 0.102. The molecule has 4 heteroatoms. The molecule has 0 atom stereocenters. The van der Waals surface area contributed by atoms with Crippen molar-refractivity contribution < 1.29 is 9.59 Å². The highest BCUT2D eigenvalue weighted by Gasteiger charge is 2.13. The van der Waals surface area contributed by atoms with Gasteiger partial charge in [0.1, 0.15) is 6.07 Å². The maximum atomic E-state index is 11.5. The Morgan fingerprint density at radius 3 is 2.73 bits per heavy atom. The summed E-state index contributed by atoms with van der Waals surface area (Å²) in [5.41, 5.74) is 1.64. The molecule has 1 aromatic carbocycles. The van der Waals surface area contributed by atoms with Crippen LogP contribution in [0.5, 0.6) is 0 Å². The van der Waals surface area contributed by atoms with Crippen molar-refractivity contribution in [2.24, 2.45) is 0 Å². The fourth-order valence-corrected chi connectivity index (χ4v) is 1.66. The largest absolute Gasteiger partial charge is 0.298 e. The van der Waals surface area contributed by atoms with Crippen LogP contribution < -0.4 is 0 Å². The maximum Gasteiger partial charge on any atom is 0.173 e. The predicted molar refractivity (Wildman–Crippen MR) is 59.4 cm³/mol. The van der Waals surface area contributed by atoms with E-state index in [1.54, 1.807) is 13.0 Å². The molecule has 15 heavy (non-hydrogen) atoms. The van der Waals surface area contributed by atoms with Crippen LogP contribution in [0.1, 0.15) is 31.8 Å². The highest BCUT2D eigenvalue weighted by atomic mass is 79.9. The van der Waals surface area contributed by atoms with Gasteiger partial charge in [0.15, 0.2) is 12.1 Å². The van der Waals surface area contributed by atoms with E-state index in [0.717, 1.165) is 0 Å². The molecule has 1 aromatic rings. The fourth-order valence-electron chi connectivity index (χ4n) is 1.35. The summed E-state index contributed by atoms with van der Waals surface area (Å²) in [7, 11) is 0. The van der Waals surface area contributed by atoms with E-state index in [2.05, 4.69) is 15.9 Å². The number of rotatable bonds is 3. The maximum absolute atomic E-state index is 11.5. The average molecular weight is 266 g/mol. The fraction of sp³-hybridized carbons (Fsp3) is 0.182. The number of carbonyl (C=O) groups is 2. The smallest absolute Gasteiger partial charge is 0.173 e. The quantitative estimate of drug-likeness (QED) is 0.479. The Balaban J connectivity index is 3.43. The number of carbonyl (C=O) groups excluding carboxylic acids is 2. The van der Waals surface area contributed by atoms with Crippen LogP contribution >= 0.6 is 15.9 Å². The lowest BCUT2D eigenvalue weighted by Crippen LogP contribution is -2.05. The van der Waals surface area contributed by atoms with Crippen molar-refractivity contribution in [1.82, 2.24) is 0 Å². The Kier molecular flexibility index (Phi) is 3.75. The van der Waals surface area contributed by atoms with Crippen LogP contribution in [0.25, 0.3) is 0 Å². The molecule has 0 N–H and O–H groups in total. The van der Waals surface area contributed by atoms with Gasteiger partial charge in [0, 0.05) is 11.1 Å². The van der Waals surface area contributed by atoms with E-state index in [4.69, 9.17) is 5.26 Å². The highest BCUT2D eigenvalue weighted by molar-refractivity contribution is 9.09. The topological polar surface area (TPSA) is 57.9 Å². The lowest BCUT2D eigenvalue weighted by atomic mass is 9.96. The lowest BCUT2D eigenvalue weighted by Gasteiger charge is -2.06. The molecular formula is C11H8BrNO2. The van der Waals surface area contributed by atoms with Gasteiger partial charge in [-0.05, 0) is 18.6 Å². The molecule has 0 radical (unpaired) electrons. The van der Waals surface area contributed by atoms with Crippen molar-refractivity contribution in [3.63, 3.8) is 0 Å². The van der Waals surface area contributed by atoms with Gasteiger partial charge in [-0.15, -0.1) is 0 Å². The zero-order chi connectivity index (χ0) is 11.4. The van der Waals surface area contributed by atoms with Crippen molar-refractivity contribution >= 4 is 28.0 Å². The first kappa shape index (κ1) is 11.6. The number of aldehydes is 1. The van der Waals surface area contributed by atoms with Crippen LogP contribution in [-0.4, -0.2) is 17.4 Å². The van der Waals surface area contributed by atoms with Crippen LogP contribution in [0.2, 0.25) is 0 Å². The second-order valence-corrected chi connectivity index (χ2v) is 3.55. The van der Waals surface area contributed by atoms with Gasteiger partial charge in [-0.3, -0.25) is 9.59 Å². The third-order valence-electron chi connectivity index (χ3n) is 2.16. The van der Waals surface area contributed by atoms with Gasteiger partial charge in [-0.1, -0.05) is 22.0 Å². The molecule has 0 unspecified atom stereocenters. The Bertz CT molecular complexity index is 460. The molecule has 0 fully saturated rings. The van der Waals surface area contributed by atoms with Gasteiger partial charge in [0.05, 0.1) is 10.9 Å². The van der Waals surface area contributed by atoms with E-state index in [1.165, 1.54) is 6.07 Å². The molecule has 3 nitrogen and oxygen atoms in total. The van der Waals surface area contributed by atoms with E-state index in [9.17, 15) is 9.59 Å². The van der Waals surface area contributed by atoms with Crippen LogP contribution in [0.15, 0.2) is 12.1 Å². The molecule has 0 aliphatic carbocycles. The molecule has 0 aliphatic heterocycles. The number of alkyl halides is 1. The van der Waals surface area contributed by atoms with Gasteiger partial charge in [0.2, 0.25) is 0 Å². The van der Waals surface area contributed by atoms with E-state index in [-0.39, 0.29) is 16.7 Å². The van der Waals surface area contributed by atoms with Crippen molar-refractivity contribution in [2.45, 2.75) is 6.92 Å². The van der Waals surface area contributed by atoms with Gasteiger partial charge in [-0.25, -0.2) is 0 Å². The summed E-state index contributed by atoms with van der Waals surface area (Å²) in [6, 6.07) is 5.00. The first-order valence-corrected chi connectivity index (χ1v) is 5.36. The Morgan fingerprint density at radius 2 is 2.27 bits per heavy atom. The summed E-state index contributed by atoms with van der Waals surface area (Å²) in [6.07, 6.45) is 0.619. The monoisotopic (exact) mass is 265 g/mol. The highest BCUT2D eigenvalue weighted by Crippen LogP contribution is 2.17. The first-order chi connectivity index (χ1) is 7.15. The summed E-state index contributed by atoms with van der Waals surface area (Å²) in [4.78, 5) is 22.1. The molecule has 76 valence electrons. The molecule has 0 amide bonds. The minimum Gasteiger partial charge on any atom is -0.298 e. The average Bonchev–Trinajstić information content (AvgIpc) is 2.27. The van der Waals surface area contributed by atoms with Crippen molar-refractivity contribution in [2.75, 3.05) is 5.33 Å². The van der Waals surface area contributed by atoms with Gasteiger partial charge in [0.25, 0.3) is 0 Å². The predicted octanol–water partition coefficient (Wildman–Crippen LogP) is 2.26. The van der Waals surface area contributed by atoms with Crippen molar-refractivity contribution in [3.8, 4) is 6.07 Å². The minimum atomic E-state index is -0.0959. The van der Waals surface area contributed by atoms with Crippen LogP contribution in [0.3, 0.4) is 0 Å². The zero-order valence-electron chi connectivity index (χ0n) is 8.08. The van der Waals surface area contributed by atoms with Crippen molar-refractivity contribution in [3.05, 3.63) is 34.4 Å². The molecule has 0 spiro atoms. The van der Waals surface area contributed by atoms with Crippen molar-refractivity contribution in [1.29, 1.82) is 5.26 Å². The summed E-state index contributed by atoms with van der Waals surface area (Å²) >= 11 is 3.07. The second-order valence-electron chi connectivity index (χ2n) is 2.99. The summed E-state index contributed by atoms with van der Waals surface area (Å²) < 4.78 is 0. The van der Waals surface area contributed by atoms with E-state index >= 15 is 0 Å². The first-order valence-electron chi connectivity index (χ1n) is 4.23. The number of Topliss-reactive ketones (excluding diaryl/α,β-unsaturated/α-hetero) is 1. The molecule has 1 rings (SSSR count). The second kappa shape index (κ2) is 4.85. The zero-order valence-corrected chi connectivity index (χ0v) is 9.67. The molecule has 0 bridgehead atoms. The third kappa shape index (κ3) is 2.13. The molecule has 0 aliphatic rings. The Labute approximate surface area is 95.8 Å². The van der Waals surface area contributed by atoms with Crippen LogP contribution in [-0.2, 0) is 0 Å².